The van der Waals surface area contributed by atoms with Gasteiger partial charge in [0, 0.05) is 0 Å². The highest BCUT2D eigenvalue weighted by atomic mass is 16.6. The lowest BCUT2D eigenvalue weighted by Gasteiger charge is -2.57. The van der Waals surface area contributed by atoms with Crippen LogP contribution in [0.15, 0.2) is 0 Å². The smallest absolute Gasteiger partial charge is 0.408 e. The lowest BCUT2D eigenvalue weighted by Crippen LogP contribution is -2.71. The minimum absolute atomic E-state index is 0.270. The molecule has 19 heavy (non-hydrogen) atoms. The number of methoxy groups -OCH3 is 1. The molecular weight excluding hydrogens is 250 g/mol. The van der Waals surface area contributed by atoms with Gasteiger partial charge in [-0.15, -0.1) is 0 Å². The van der Waals surface area contributed by atoms with Gasteiger partial charge in [-0.3, -0.25) is 4.79 Å². The van der Waals surface area contributed by atoms with Crippen molar-refractivity contribution in [3.63, 3.8) is 0 Å². The molecule has 0 atom stereocenters. The van der Waals surface area contributed by atoms with Crippen LogP contribution in [-0.4, -0.2) is 43.5 Å². The topological polar surface area (TPSA) is 73.9 Å². The van der Waals surface area contributed by atoms with E-state index in [1.807, 2.05) is 0 Å². The summed E-state index contributed by atoms with van der Waals surface area (Å²) in [5, 5.41) is 2.83. The van der Waals surface area contributed by atoms with Crippen LogP contribution in [0.3, 0.4) is 0 Å². The summed E-state index contributed by atoms with van der Waals surface area (Å²) in [5.74, 6) is -0.270. The number of hydrogen-bond donors (Lipinski definition) is 1. The first-order chi connectivity index (χ1) is 8.70. The monoisotopic (exact) mass is 271 g/mol. The van der Waals surface area contributed by atoms with Gasteiger partial charge < -0.3 is 19.5 Å². The van der Waals surface area contributed by atoms with Crippen LogP contribution in [0.4, 0.5) is 4.79 Å². The summed E-state index contributed by atoms with van der Waals surface area (Å²) in [6.45, 7) is 6.19. The molecule has 2 heterocycles. The minimum Gasteiger partial charge on any atom is -0.469 e. The van der Waals surface area contributed by atoms with Crippen molar-refractivity contribution in [3.8, 4) is 0 Å². The number of fused-ring (bicyclic) bond motifs is 2. The van der Waals surface area contributed by atoms with E-state index in [0.717, 1.165) is 0 Å². The predicted octanol–water partition coefficient (Wildman–Crippen LogP) is 1.23. The van der Waals surface area contributed by atoms with E-state index in [9.17, 15) is 9.59 Å². The molecule has 0 unspecified atom stereocenters. The molecule has 1 amide bonds. The number of hydrogen-bond acceptors (Lipinski definition) is 5. The highest BCUT2D eigenvalue weighted by Crippen LogP contribution is 2.53. The zero-order valence-electron chi connectivity index (χ0n) is 11.9. The summed E-state index contributed by atoms with van der Waals surface area (Å²) < 4.78 is 15.4. The number of esters is 1. The molecule has 0 aromatic heterocycles. The fourth-order valence-electron chi connectivity index (χ4n) is 2.95. The third kappa shape index (κ3) is 2.68. The predicted molar refractivity (Wildman–Crippen MR) is 66.6 cm³/mol. The summed E-state index contributed by atoms with van der Waals surface area (Å²) in [6, 6.07) is 0. The Bertz CT molecular complexity index is 392. The van der Waals surface area contributed by atoms with Crippen LogP contribution in [0.2, 0.25) is 0 Å². The zero-order valence-corrected chi connectivity index (χ0v) is 11.9. The van der Waals surface area contributed by atoms with E-state index in [1.54, 1.807) is 20.8 Å². The Balaban J connectivity index is 1.96. The molecule has 3 fully saturated rings. The van der Waals surface area contributed by atoms with E-state index < -0.39 is 22.6 Å². The fraction of sp³-hybridized carbons (Fsp3) is 0.846. The van der Waals surface area contributed by atoms with E-state index in [2.05, 4.69) is 5.32 Å². The molecule has 0 aromatic rings. The van der Waals surface area contributed by atoms with Crippen LogP contribution in [0.1, 0.15) is 33.6 Å². The summed E-state index contributed by atoms with van der Waals surface area (Å²) in [6.07, 6.45) is 0.620. The molecule has 1 aliphatic carbocycles. The molecular formula is C13H21NO5. The first-order valence-electron chi connectivity index (χ1n) is 6.38. The second-order valence-electron chi connectivity index (χ2n) is 6.53. The molecule has 1 saturated carbocycles. The Morgan fingerprint density at radius 2 is 1.84 bits per heavy atom. The van der Waals surface area contributed by atoms with Crippen LogP contribution >= 0.6 is 0 Å². The fourth-order valence-corrected chi connectivity index (χ4v) is 2.95. The molecule has 0 spiro atoms. The van der Waals surface area contributed by atoms with Crippen molar-refractivity contribution in [1.82, 2.24) is 5.32 Å². The molecule has 6 heteroatoms. The van der Waals surface area contributed by atoms with E-state index in [1.165, 1.54) is 7.11 Å². The van der Waals surface area contributed by atoms with Crippen molar-refractivity contribution in [3.05, 3.63) is 0 Å². The maximum absolute atomic E-state index is 11.8. The number of alkyl carbamates (subject to hydrolysis) is 1. The first-order valence-corrected chi connectivity index (χ1v) is 6.38. The Hall–Kier alpha value is -1.30. The van der Waals surface area contributed by atoms with Crippen molar-refractivity contribution >= 4 is 12.1 Å². The Morgan fingerprint density at radius 3 is 2.37 bits per heavy atom. The number of rotatable bonds is 2. The first kappa shape index (κ1) is 14.1. The van der Waals surface area contributed by atoms with Crippen molar-refractivity contribution in [2.75, 3.05) is 20.3 Å². The average molecular weight is 271 g/mol. The summed E-state index contributed by atoms with van der Waals surface area (Å²) in [7, 11) is 1.37. The number of nitrogens with one attached hydrogen (secondary N) is 1. The third-order valence-electron chi connectivity index (χ3n) is 3.49. The van der Waals surface area contributed by atoms with Crippen LogP contribution < -0.4 is 5.32 Å². The SMILES string of the molecule is COC(=O)C12COCC(NC(=O)OC(C)(C)C)(C1)C2. The number of amides is 1. The molecule has 0 radical (unpaired) electrons. The second-order valence-corrected chi connectivity index (χ2v) is 6.53. The standard InChI is InChI=1S/C13H21NO5/c1-11(2,3)19-10(16)14-13-5-12(6-13,7-18-8-13)9(15)17-4/h5-8H2,1-4H3,(H,14,16). The average Bonchev–Trinajstić information content (AvgIpc) is 2.24. The van der Waals surface area contributed by atoms with Gasteiger partial charge in [0.2, 0.25) is 0 Å². The van der Waals surface area contributed by atoms with Crippen molar-refractivity contribution < 1.29 is 23.8 Å². The van der Waals surface area contributed by atoms with Gasteiger partial charge in [0.15, 0.2) is 0 Å². The zero-order chi connectivity index (χ0) is 14.3. The van der Waals surface area contributed by atoms with E-state index in [0.29, 0.717) is 26.1 Å². The van der Waals surface area contributed by atoms with Gasteiger partial charge in [0.05, 0.1) is 31.3 Å². The summed E-state index contributed by atoms with van der Waals surface area (Å²) >= 11 is 0. The number of carbonyl (C=O) groups is 2. The Morgan fingerprint density at radius 1 is 1.21 bits per heavy atom. The van der Waals surface area contributed by atoms with E-state index in [-0.39, 0.29) is 5.97 Å². The molecule has 1 N–H and O–H groups in total. The Kier molecular flexibility index (Phi) is 3.24. The molecule has 108 valence electrons. The quantitative estimate of drug-likeness (QED) is 0.765. The highest BCUT2D eigenvalue weighted by Gasteiger charge is 2.64. The molecule has 6 nitrogen and oxygen atoms in total. The number of ether oxygens (including phenoxy) is 3. The van der Waals surface area contributed by atoms with Gasteiger partial charge in [-0.2, -0.15) is 0 Å². The lowest BCUT2D eigenvalue weighted by molar-refractivity contribution is -0.197. The highest BCUT2D eigenvalue weighted by molar-refractivity contribution is 5.80. The van der Waals surface area contributed by atoms with Gasteiger partial charge in [-0.25, -0.2) is 4.79 Å². The van der Waals surface area contributed by atoms with Crippen molar-refractivity contribution in [2.24, 2.45) is 5.41 Å². The van der Waals surface area contributed by atoms with Crippen molar-refractivity contribution in [2.45, 2.75) is 44.8 Å². The lowest BCUT2D eigenvalue weighted by atomic mass is 9.56. The minimum atomic E-state index is -0.595. The maximum atomic E-state index is 11.8. The van der Waals surface area contributed by atoms with Crippen LogP contribution in [-0.2, 0) is 19.0 Å². The summed E-state index contributed by atoms with van der Waals surface area (Å²) in [4.78, 5) is 23.5. The van der Waals surface area contributed by atoms with Crippen LogP contribution in [0.5, 0.6) is 0 Å². The molecule has 2 bridgehead atoms. The van der Waals surface area contributed by atoms with Gasteiger partial charge in [0.1, 0.15) is 5.60 Å². The molecule has 0 aromatic carbocycles. The molecule has 2 saturated heterocycles. The third-order valence-corrected chi connectivity index (χ3v) is 3.49. The van der Waals surface area contributed by atoms with Gasteiger partial charge in [-0.05, 0) is 33.6 Å². The number of carbonyl (C=O) groups excluding carboxylic acids is 2. The van der Waals surface area contributed by atoms with Gasteiger partial charge in [0.25, 0.3) is 0 Å². The molecule has 3 rings (SSSR count). The largest absolute Gasteiger partial charge is 0.469 e. The van der Waals surface area contributed by atoms with Crippen molar-refractivity contribution in [1.29, 1.82) is 0 Å². The van der Waals surface area contributed by atoms with Crippen LogP contribution in [0, 0.1) is 5.41 Å². The normalized spacial score (nSPS) is 33.1. The van der Waals surface area contributed by atoms with Crippen LogP contribution in [0.25, 0.3) is 0 Å². The van der Waals surface area contributed by atoms with E-state index in [4.69, 9.17) is 14.2 Å². The van der Waals surface area contributed by atoms with E-state index >= 15 is 0 Å². The molecule has 2 aliphatic heterocycles. The maximum Gasteiger partial charge on any atom is 0.408 e. The summed E-state index contributed by atoms with van der Waals surface area (Å²) in [5.41, 5.74) is -1.63. The second kappa shape index (κ2) is 4.37. The molecule has 3 aliphatic rings. The van der Waals surface area contributed by atoms with Gasteiger partial charge >= 0.3 is 12.1 Å². The van der Waals surface area contributed by atoms with Gasteiger partial charge in [-0.1, -0.05) is 0 Å². The Labute approximate surface area is 112 Å².